The molecular weight excluding hydrogens is 232 g/mol. The predicted molar refractivity (Wildman–Crippen MR) is 65.7 cm³/mol. The van der Waals surface area contributed by atoms with E-state index in [1.165, 1.54) is 11.9 Å². The summed E-state index contributed by atoms with van der Waals surface area (Å²) in [6.07, 6.45) is 2.16. The summed E-state index contributed by atoms with van der Waals surface area (Å²) in [5.41, 5.74) is 1.98. The molecule has 0 bridgehead atoms. The van der Waals surface area contributed by atoms with Crippen molar-refractivity contribution in [3.63, 3.8) is 0 Å². The Labute approximate surface area is 106 Å². The molecular formula is C12H18N4O2. The summed E-state index contributed by atoms with van der Waals surface area (Å²) in [6, 6.07) is -0.427. The van der Waals surface area contributed by atoms with E-state index in [2.05, 4.69) is 10.4 Å². The number of aryl methyl sites for hydroxylation is 2. The van der Waals surface area contributed by atoms with Crippen molar-refractivity contribution >= 4 is 11.8 Å². The van der Waals surface area contributed by atoms with Gasteiger partial charge in [-0.25, -0.2) is 0 Å². The van der Waals surface area contributed by atoms with E-state index < -0.39 is 6.04 Å². The molecule has 6 heteroatoms. The lowest BCUT2D eigenvalue weighted by molar-refractivity contribution is -0.137. The van der Waals surface area contributed by atoms with Gasteiger partial charge in [0.15, 0.2) is 0 Å². The molecule has 0 spiro atoms. The summed E-state index contributed by atoms with van der Waals surface area (Å²) in [5.74, 6) is -0.291. The molecule has 1 aliphatic rings. The molecule has 0 saturated carbocycles. The van der Waals surface area contributed by atoms with Crippen LogP contribution in [0.4, 0.5) is 0 Å². The number of amides is 2. The first-order chi connectivity index (χ1) is 8.40. The van der Waals surface area contributed by atoms with Crippen LogP contribution in [0.1, 0.15) is 30.6 Å². The average Bonchev–Trinajstić information content (AvgIpc) is 2.75. The molecule has 2 rings (SSSR count). The molecule has 6 nitrogen and oxygen atoms in total. The molecule has 1 saturated heterocycles. The third-order valence-electron chi connectivity index (χ3n) is 3.35. The number of carbonyl (C=O) groups excluding carboxylic acids is 2. The van der Waals surface area contributed by atoms with E-state index in [1.54, 1.807) is 4.68 Å². The van der Waals surface area contributed by atoms with Gasteiger partial charge in [-0.15, -0.1) is 0 Å². The van der Waals surface area contributed by atoms with Crippen LogP contribution in [0.15, 0.2) is 6.20 Å². The molecule has 1 aromatic rings. The second kappa shape index (κ2) is 4.53. The Morgan fingerprint density at radius 3 is 2.56 bits per heavy atom. The molecule has 1 fully saturated rings. The van der Waals surface area contributed by atoms with Crippen molar-refractivity contribution in [3.05, 3.63) is 17.5 Å². The third kappa shape index (κ3) is 2.15. The minimum absolute atomic E-state index is 0.00745. The molecule has 0 radical (unpaired) electrons. The van der Waals surface area contributed by atoms with E-state index in [1.807, 2.05) is 27.1 Å². The topological polar surface area (TPSA) is 67.2 Å². The Morgan fingerprint density at radius 1 is 1.44 bits per heavy atom. The van der Waals surface area contributed by atoms with Gasteiger partial charge in [0, 0.05) is 31.9 Å². The normalized spacial score (nSPS) is 21.8. The number of carbonyl (C=O) groups is 2. The lowest BCUT2D eigenvalue weighted by Crippen LogP contribution is -2.38. The Bertz CT molecular complexity index is 494. The number of rotatable bonds is 3. The van der Waals surface area contributed by atoms with Crippen LogP contribution >= 0.6 is 0 Å². The number of hydrogen-bond acceptors (Lipinski definition) is 4. The molecule has 98 valence electrons. The largest absolute Gasteiger partial charge is 0.299 e. The van der Waals surface area contributed by atoms with E-state index >= 15 is 0 Å². The van der Waals surface area contributed by atoms with E-state index in [0.29, 0.717) is 0 Å². The van der Waals surface area contributed by atoms with Gasteiger partial charge in [-0.05, 0) is 13.8 Å². The zero-order valence-corrected chi connectivity index (χ0v) is 11.1. The first-order valence-corrected chi connectivity index (χ1v) is 5.96. The number of hydrogen-bond donors (Lipinski definition) is 1. The molecule has 0 aromatic carbocycles. The summed E-state index contributed by atoms with van der Waals surface area (Å²) in [7, 11) is 3.38. The zero-order valence-electron chi connectivity index (χ0n) is 11.1. The zero-order chi connectivity index (χ0) is 13.4. The maximum absolute atomic E-state index is 11.8. The monoisotopic (exact) mass is 250 g/mol. The number of imide groups is 1. The molecule has 0 aliphatic carbocycles. The molecule has 1 N–H and O–H groups in total. The Kier molecular flexibility index (Phi) is 3.21. The number of nitrogens with one attached hydrogen (secondary N) is 1. The highest BCUT2D eigenvalue weighted by molar-refractivity contribution is 6.05. The van der Waals surface area contributed by atoms with Crippen LogP contribution in [0.5, 0.6) is 0 Å². The number of likely N-dealkylation sites (N-methyl/N-ethyl adjacent to an activating group) is 1. The molecule has 2 unspecified atom stereocenters. The van der Waals surface area contributed by atoms with Crippen molar-refractivity contribution in [1.29, 1.82) is 0 Å². The van der Waals surface area contributed by atoms with Gasteiger partial charge in [0.2, 0.25) is 11.8 Å². The fraction of sp³-hybridized carbons (Fsp3) is 0.583. The highest BCUT2D eigenvalue weighted by Crippen LogP contribution is 2.19. The molecule has 1 aliphatic heterocycles. The average molecular weight is 250 g/mol. The number of likely N-dealkylation sites (tertiary alicyclic amines) is 1. The first-order valence-electron chi connectivity index (χ1n) is 5.96. The minimum atomic E-state index is -0.419. The Morgan fingerprint density at radius 2 is 2.11 bits per heavy atom. The Hall–Kier alpha value is -1.69. The number of aromatic nitrogens is 2. The van der Waals surface area contributed by atoms with Gasteiger partial charge < -0.3 is 0 Å². The van der Waals surface area contributed by atoms with Crippen molar-refractivity contribution in [2.24, 2.45) is 7.05 Å². The Balaban J connectivity index is 2.09. The third-order valence-corrected chi connectivity index (χ3v) is 3.35. The lowest BCUT2D eigenvalue weighted by atomic mass is 10.1. The molecule has 2 heterocycles. The number of nitrogens with zero attached hydrogens (tertiary/aromatic N) is 3. The summed E-state index contributed by atoms with van der Waals surface area (Å²) < 4.78 is 1.75. The summed E-state index contributed by atoms with van der Waals surface area (Å²) in [5, 5.41) is 7.46. The van der Waals surface area contributed by atoms with Gasteiger partial charge in [-0.2, -0.15) is 5.10 Å². The highest BCUT2D eigenvalue weighted by Gasteiger charge is 2.36. The van der Waals surface area contributed by atoms with Gasteiger partial charge in [-0.3, -0.25) is 24.5 Å². The van der Waals surface area contributed by atoms with E-state index in [-0.39, 0.29) is 24.3 Å². The van der Waals surface area contributed by atoms with Crippen LogP contribution < -0.4 is 5.32 Å². The first kappa shape index (κ1) is 12.8. The second-order valence-corrected chi connectivity index (χ2v) is 4.78. The van der Waals surface area contributed by atoms with Gasteiger partial charge >= 0.3 is 0 Å². The predicted octanol–water partition coefficient (Wildman–Crippen LogP) is 0.136. The fourth-order valence-electron chi connectivity index (χ4n) is 2.32. The van der Waals surface area contributed by atoms with Crippen LogP contribution in [0.3, 0.4) is 0 Å². The maximum Gasteiger partial charge on any atom is 0.246 e. The molecule has 2 amide bonds. The lowest BCUT2D eigenvalue weighted by Gasteiger charge is -2.17. The van der Waals surface area contributed by atoms with Crippen LogP contribution in [0.25, 0.3) is 0 Å². The molecule has 1 aromatic heterocycles. The summed E-state index contributed by atoms with van der Waals surface area (Å²) in [6.45, 7) is 3.90. The van der Waals surface area contributed by atoms with Gasteiger partial charge in [0.05, 0.1) is 18.2 Å². The highest BCUT2D eigenvalue weighted by atomic mass is 16.2. The van der Waals surface area contributed by atoms with Crippen LogP contribution in [-0.2, 0) is 16.6 Å². The van der Waals surface area contributed by atoms with Gasteiger partial charge in [-0.1, -0.05) is 0 Å². The fourth-order valence-corrected chi connectivity index (χ4v) is 2.32. The quantitative estimate of drug-likeness (QED) is 0.775. The SMILES string of the molecule is Cc1nn(C)cc1C(C)NC1CC(=O)N(C)C1=O. The van der Waals surface area contributed by atoms with Crippen molar-refractivity contribution in [2.75, 3.05) is 7.05 Å². The smallest absolute Gasteiger partial charge is 0.246 e. The van der Waals surface area contributed by atoms with Crippen LogP contribution in [0.2, 0.25) is 0 Å². The van der Waals surface area contributed by atoms with Crippen LogP contribution in [-0.4, -0.2) is 39.6 Å². The summed E-state index contributed by atoms with van der Waals surface area (Å²) >= 11 is 0. The van der Waals surface area contributed by atoms with Crippen molar-refractivity contribution in [3.8, 4) is 0 Å². The van der Waals surface area contributed by atoms with E-state index in [4.69, 9.17) is 0 Å². The summed E-state index contributed by atoms with van der Waals surface area (Å²) in [4.78, 5) is 24.4. The van der Waals surface area contributed by atoms with Crippen molar-refractivity contribution in [2.45, 2.75) is 32.4 Å². The van der Waals surface area contributed by atoms with E-state index in [0.717, 1.165) is 11.3 Å². The molecule has 2 atom stereocenters. The van der Waals surface area contributed by atoms with Crippen LogP contribution in [0, 0.1) is 6.92 Å². The van der Waals surface area contributed by atoms with Gasteiger partial charge in [0.25, 0.3) is 0 Å². The second-order valence-electron chi connectivity index (χ2n) is 4.78. The van der Waals surface area contributed by atoms with Gasteiger partial charge in [0.1, 0.15) is 0 Å². The maximum atomic E-state index is 11.8. The van der Waals surface area contributed by atoms with Crippen molar-refractivity contribution < 1.29 is 9.59 Å². The standard InChI is InChI=1S/C12H18N4O2/c1-7(9-6-15(3)14-8(9)2)13-10-5-11(17)16(4)12(10)18/h6-7,10,13H,5H2,1-4H3. The van der Waals surface area contributed by atoms with E-state index in [9.17, 15) is 9.59 Å². The minimum Gasteiger partial charge on any atom is -0.299 e. The molecule has 18 heavy (non-hydrogen) atoms. The van der Waals surface area contributed by atoms with Crippen molar-refractivity contribution in [1.82, 2.24) is 20.0 Å².